The number of nitriles is 4. The summed E-state index contributed by atoms with van der Waals surface area (Å²) in [7, 11) is 0. The topological polar surface area (TPSA) is 104 Å². The van der Waals surface area contributed by atoms with Crippen molar-refractivity contribution < 1.29 is 13.2 Å². The molecule has 0 aromatic heterocycles. The van der Waals surface area contributed by atoms with E-state index in [0.29, 0.717) is 50.1 Å². The Morgan fingerprint density at radius 1 is 0.500 bits per heavy atom. The minimum Gasteiger partial charge on any atom is -0.235 e. The standard InChI is InChI=1S/C33H15F3N6/c1-16-28(19-6-22(12-37)31(34)23(7-19)13-38)17(2)30(21-9-25(15-40)33(36)27(11-21)42-5)18(3)29(16)20-8-24(14-39)32(35)26(10-20)41-4/h6-11H,1-3H3. The molecule has 0 aliphatic heterocycles. The predicted octanol–water partition coefficient (Wildman–Crippen LogP) is 8.62. The summed E-state index contributed by atoms with van der Waals surface area (Å²) in [4.78, 5) is 6.42. The lowest BCUT2D eigenvalue weighted by Crippen LogP contribution is -2.03. The second kappa shape index (κ2) is 11.0. The Bertz CT molecular complexity index is 1750. The first-order valence-corrected chi connectivity index (χ1v) is 12.1. The molecule has 0 unspecified atom stereocenters. The van der Waals surface area contributed by atoms with Crippen LogP contribution in [-0.2, 0) is 0 Å². The SMILES string of the molecule is [C-]#[N+]c1cc(-c2c(C)c(-c3cc(C#N)c(F)c(C#N)c3)c(C)c(-c3cc(C#N)c(F)c([N+]#[C-])c3)c2C)cc(C#N)c1F. The van der Waals surface area contributed by atoms with Crippen LogP contribution in [0.3, 0.4) is 0 Å². The van der Waals surface area contributed by atoms with Crippen molar-refractivity contribution in [2.24, 2.45) is 0 Å². The Labute approximate surface area is 239 Å². The van der Waals surface area contributed by atoms with E-state index in [2.05, 4.69) is 9.69 Å². The van der Waals surface area contributed by atoms with Gasteiger partial charge in [-0.2, -0.15) is 21.0 Å². The van der Waals surface area contributed by atoms with E-state index in [1.165, 1.54) is 36.4 Å². The molecular formula is C33H15F3N6. The van der Waals surface area contributed by atoms with Gasteiger partial charge in [0.1, 0.15) is 35.9 Å². The molecule has 4 aromatic carbocycles. The molecule has 0 spiro atoms. The normalized spacial score (nSPS) is 10.0. The van der Waals surface area contributed by atoms with E-state index in [1.807, 2.05) is 0 Å². The third-order valence-electron chi connectivity index (χ3n) is 7.02. The van der Waals surface area contributed by atoms with Crippen molar-refractivity contribution in [3.05, 3.63) is 116 Å². The number of hydrogen-bond acceptors (Lipinski definition) is 4. The number of benzene rings is 4. The van der Waals surface area contributed by atoms with Crippen LogP contribution in [0, 0.1) is 96.7 Å². The number of nitrogens with zero attached hydrogens (tertiary/aromatic N) is 6. The van der Waals surface area contributed by atoms with Crippen LogP contribution < -0.4 is 0 Å². The van der Waals surface area contributed by atoms with Crippen LogP contribution in [0.1, 0.15) is 38.9 Å². The van der Waals surface area contributed by atoms with Crippen molar-refractivity contribution in [2.75, 3.05) is 0 Å². The first-order chi connectivity index (χ1) is 20.1. The Hall–Kier alpha value is -6.39. The van der Waals surface area contributed by atoms with E-state index >= 15 is 0 Å². The van der Waals surface area contributed by atoms with Gasteiger partial charge in [-0.05, 0) is 107 Å². The largest absolute Gasteiger partial charge is 0.235 e. The van der Waals surface area contributed by atoms with E-state index in [0.717, 1.165) is 0 Å². The van der Waals surface area contributed by atoms with Gasteiger partial charge in [0.05, 0.1) is 35.4 Å². The minimum absolute atomic E-state index is 0.294. The van der Waals surface area contributed by atoms with Crippen molar-refractivity contribution in [2.45, 2.75) is 20.8 Å². The minimum atomic E-state index is -0.982. The van der Waals surface area contributed by atoms with Gasteiger partial charge in [-0.25, -0.2) is 22.9 Å². The smallest absolute Gasteiger partial charge is 0.224 e. The average Bonchev–Trinajstić information content (AvgIpc) is 2.98. The molecule has 0 heterocycles. The van der Waals surface area contributed by atoms with Crippen molar-refractivity contribution in [3.63, 3.8) is 0 Å². The molecule has 0 radical (unpaired) electrons. The fraction of sp³-hybridized carbons (Fsp3) is 0.0909. The van der Waals surface area contributed by atoms with Gasteiger partial charge in [-0.3, -0.25) is 0 Å². The second-order valence-corrected chi connectivity index (χ2v) is 9.27. The summed E-state index contributed by atoms with van der Waals surface area (Å²) in [5, 5.41) is 38.2. The second-order valence-electron chi connectivity index (χ2n) is 9.27. The van der Waals surface area contributed by atoms with Crippen LogP contribution in [0.25, 0.3) is 43.1 Å². The highest BCUT2D eigenvalue weighted by Crippen LogP contribution is 2.46. The van der Waals surface area contributed by atoms with Crippen molar-refractivity contribution in [1.29, 1.82) is 21.0 Å². The zero-order valence-electron chi connectivity index (χ0n) is 22.3. The van der Waals surface area contributed by atoms with Crippen LogP contribution in [0.5, 0.6) is 0 Å². The van der Waals surface area contributed by atoms with E-state index in [4.69, 9.17) is 13.1 Å². The summed E-state index contributed by atoms with van der Waals surface area (Å²) in [5.74, 6) is -2.94. The van der Waals surface area contributed by atoms with E-state index in [1.54, 1.807) is 45.0 Å². The predicted molar refractivity (Wildman–Crippen MR) is 148 cm³/mol. The van der Waals surface area contributed by atoms with Crippen LogP contribution in [0.2, 0.25) is 0 Å². The zero-order chi connectivity index (χ0) is 30.9. The van der Waals surface area contributed by atoms with Gasteiger partial charge < -0.3 is 0 Å². The highest BCUT2D eigenvalue weighted by Gasteiger charge is 2.25. The maximum absolute atomic E-state index is 14.7. The first-order valence-electron chi connectivity index (χ1n) is 12.1. The molecule has 6 nitrogen and oxygen atoms in total. The average molecular weight is 553 g/mol. The molecule has 0 bridgehead atoms. The highest BCUT2D eigenvalue weighted by molar-refractivity contribution is 5.93. The number of rotatable bonds is 3. The van der Waals surface area contributed by atoms with E-state index in [9.17, 15) is 34.2 Å². The zero-order valence-corrected chi connectivity index (χ0v) is 22.3. The summed E-state index contributed by atoms with van der Waals surface area (Å²) >= 11 is 0. The fourth-order valence-electron chi connectivity index (χ4n) is 5.28. The highest BCUT2D eigenvalue weighted by atomic mass is 19.1. The Balaban J connectivity index is 2.28. The fourth-order valence-corrected chi connectivity index (χ4v) is 5.28. The number of hydrogen-bond donors (Lipinski definition) is 0. The van der Waals surface area contributed by atoms with Gasteiger partial charge in [0.25, 0.3) is 0 Å². The van der Waals surface area contributed by atoms with Gasteiger partial charge in [-0.1, -0.05) is 0 Å². The summed E-state index contributed by atoms with van der Waals surface area (Å²) < 4.78 is 44.1. The number of halogens is 3. The first kappa shape index (κ1) is 28.6. The summed E-state index contributed by atoms with van der Waals surface area (Å²) in [6.07, 6.45) is 0. The molecule has 0 saturated carbocycles. The molecule has 0 atom stereocenters. The lowest BCUT2D eigenvalue weighted by atomic mass is 9.79. The molecule has 4 rings (SSSR count). The van der Waals surface area contributed by atoms with Crippen molar-refractivity contribution in [1.82, 2.24) is 0 Å². The Morgan fingerprint density at radius 3 is 1.02 bits per heavy atom. The Kier molecular flexibility index (Phi) is 7.50. The molecule has 198 valence electrons. The van der Waals surface area contributed by atoms with Crippen LogP contribution >= 0.6 is 0 Å². The third kappa shape index (κ3) is 4.45. The van der Waals surface area contributed by atoms with Crippen LogP contribution in [0.15, 0.2) is 36.4 Å². The van der Waals surface area contributed by atoms with Gasteiger partial charge in [0.15, 0.2) is 5.82 Å². The van der Waals surface area contributed by atoms with Gasteiger partial charge >= 0.3 is 0 Å². The maximum atomic E-state index is 14.7. The molecule has 0 saturated heterocycles. The molecule has 4 aromatic rings. The maximum Gasteiger partial charge on any atom is 0.224 e. The Morgan fingerprint density at radius 2 is 0.762 bits per heavy atom. The van der Waals surface area contributed by atoms with Gasteiger partial charge in [0.2, 0.25) is 11.4 Å². The molecule has 0 N–H and O–H groups in total. The monoisotopic (exact) mass is 552 g/mol. The van der Waals surface area contributed by atoms with Crippen LogP contribution in [0.4, 0.5) is 24.5 Å². The van der Waals surface area contributed by atoms with E-state index in [-0.39, 0.29) is 22.3 Å². The lowest BCUT2D eigenvalue weighted by Gasteiger charge is -2.24. The molecule has 0 aliphatic rings. The summed E-state index contributed by atoms with van der Waals surface area (Å²) in [6.45, 7) is 20.0. The molecular weight excluding hydrogens is 537 g/mol. The van der Waals surface area contributed by atoms with Gasteiger partial charge in [0, 0.05) is 0 Å². The molecule has 9 heteroatoms. The van der Waals surface area contributed by atoms with E-state index < -0.39 is 28.8 Å². The molecule has 0 amide bonds. The molecule has 0 fully saturated rings. The summed E-state index contributed by atoms with van der Waals surface area (Å²) in [6, 6.07) is 14.7. The quantitative estimate of drug-likeness (QED) is 0.237. The van der Waals surface area contributed by atoms with Gasteiger partial charge in [-0.15, -0.1) is 0 Å². The van der Waals surface area contributed by atoms with Crippen molar-refractivity contribution >= 4 is 11.4 Å². The molecule has 42 heavy (non-hydrogen) atoms. The molecule has 0 aliphatic carbocycles. The van der Waals surface area contributed by atoms with Crippen molar-refractivity contribution in [3.8, 4) is 57.7 Å². The third-order valence-corrected chi connectivity index (χ3v) is 7.02. The summed E-state index contributed by atoms with van der Waals surface area (Å²) in [5.41, 5.74) is 1.55. The lowest BCUT2D eigenvalue weighted by molar-refractivity contribution is 0.620. The van der Waals surface area contributed by atoms with Crippen LogP contribution in [-0.4, -0.2) is 0 Å².